The molecule has 0 spiro atoms. The molecule has 0 aromatic carbocycles. The standard InChI is InChI=1S/C12H18/c1-6-7-8-9-10-11(2)12(3,4)5/h6-10H,1-2H2,3-5H3. The first kappa shape index (κ1) is 11.0. The van der Waals surface area contributed by atoms with E-state index < -0.39 is 0 Å². The van der Waals surface area contributed by atoms with Crippen LogP contribution in [0.2, 0.25) is 0 Å². The SMILES string of the molecule is C=CC=CC=CC(=C)C(C)(C)C. The minimum absolute atomic E-state index is 0.165. The highest BCUT2D eigenvalue weighted by Crippen LogP contribution is 2.23. The van der Waals surface area contributed by atoms with Crippen LogP contribution in [-0.2, 0) is 0 Å². The molecule has 0 saturated heterocycles. The van der Waals surface area contributed by atoms with Gasteiger partial charge in [-0.05, 0) is 11.0 Å². The lowest BCUT2D eigenvalue weighted by Crippen LogP contribution is -2.05. The van der Waals surface area contributed by atoms with Gasteiger partial charge in [-0.25, -0.2) is 0 Å². The van der Waals surface area contributed by atoms with Crippen molar-refractivity contribution in [1.29, 1.82) is 0 Å². The van der Waals surface area contributed by atoms with Crippen molar-refractivity contribution >= 4 is 0 Å². The van der Waals surface area contributed by atoms with E-state index in [9.17, 15) is 0 Å². The van der Waals surface area contributed by atoms with Crippen molar-refractivity contribution in [3.63, 3.8) is 0 Å². The predicted octanol–water partition coefficient (Wildman–Crippen LogP) is 3.89. The molecule has 0 saturated carbocycles. The van der Waals surface area contributed by atoms with Crippen LogP contribution in [0.25, 0.3) is 0 Å². The molecular weight excluding hydrogens is 144 g/mol. The van der Waals surface area contributed by atoms with Gasteiger partial charge in [0.05, 0.1) is 0 Å². The summed E-state index contributed by atoms with van der Waals surface area (Å²) in [5.41, 5.74) is 1.30. The van der Waals surface area contributed by atoms with Crippen LogP contribution >= 0.6 is 0 Å². The fourth-order valence-electron chi connectivity index (χ4n) is 0.564. The maximum atomic E-state index is 3.98. The van der Waals surface area contributed by atoms with Crippen molar-refractivity contribution in [3.05, 3.63) is 49.1 Å². The Balaban J connectivity index is 4.10. The van der Waals surface area contributed by atoms with E-state index >= 15 is 0 Å². The zero-order valence-electron chi connectivity index (χ0n) is 8.30. The van der Waals surface area contributed by atoms with Crippen molar-refractivity contribution in [2.24, 2.45) is 5.41 Å². The maximum Gasteiger partial charge on any atom is -0.0138 e. The average Bonchev–Trinajstić information content (AvgIpc) is 1.96. The van der Waals surface area contributed by atoms with Gasteiger partial charge in [-0.15, -0.1) is 0 Å². The third-order valence-corrected chi connectivity index (χ3v) is 1.62. The topological polar surface area (TPSA) is 0 Å². The normalized spacial score (nSPS) is 12.6. The van der Waals surface area contributed by atoms with E-state index in [-0.39, 0.29) is 5.41 Å². The molecule has 0 nitrogen and oxygen atoms in total. The first-order chi connectivity index (χ1) is 5.48. The van der Waals surface area contributed by atoms with Gasteiger partial charge in [0.25, 0.3) is 0 Å². The first-order valence-electron chi connectivity index (χ1n) is 4.13. The van der Waals surface area contributed by atoms with Gasteiger partial charge in [0.2, 0.25) is 0 Å². The summed E-state index contributed by atoms with van der Waals surface area (Å²) in [6.45, 7) is 14.0. The molecule has 0 aromatic heterocycles. The third-order valence-electron chi connectivity index (χ3n) is 1.62. The van der Waals surface area contributed by atoms with Crippen molar-refractivity contribution in [2.45, 2.75) is 20.8 Å². The second-order valence-electron chi connectivity index (χ2n) is 3.75. The van der Waals surface area contributed by atoms with Gasteiger partial charge in [-0.2, -0.15) is 0 Å². The molecule has 0 amide bonds. The van der Waals surface area contributed by atoms with Crippen molar-refractivity contribution < 1.29 is 0 Å². The molecule has 0 aliphatic carbocycles. The Morgan fingerprint density at radius 2 is 1.67 bits per heavy atom. The van der Waals surface area contributed by atoms with E-state index in [1.54, 1.807) is 6.08 Å². The van der Waals surface area contributed by atoms with Crippen molar-refractivity contribution in [1.82, 2.24) is 0 Å². The molecular formula is C12H18. The summed E-state index contributed by atoms with van der Waals surface area (Å²) >= 11 is 0. The lowest BCUT2D eigenvalue weighted by molar-refractivity contribution is 0.519. The van der Waals surface area contributed by atoms with E-state index in [4.69, 9.17) is 0 Å². The van der Waals surface area contributed by atoms with Crippen LogP contribution in [0, 0.1) is 5.41 Å². The molecule has 0 unspecified atom stereocenters. The van der Waals surface area contributed by atoms with E-state index in [1.165, 1.54) is 0 Å². The summed E-state index contributed by atoms with van der Waals surface area (Å²) < 4.78 is 0. The Hall–Kier alpha value is -1.04. The van der Waals surface area contributed by atoms with Crippen LogP contribution in [0.15, 0.2) is 49.1 Å². The van der Waals surface area contributed by atoms with Gasteiger partial charge in [0.15, 0.2) is 0 Å². The van der Waals surface area contributed by atoms with E-state index in [2.05, 4.69) is 33.9 Å². The van der Waals surface area contributed by atoms with Crippen LogP contribution in [-0.4, -0.2) is 0 Å². The summed E-state index contributed by atoms with van der Waals surface area (Å²) in [5, 5.41) is 0. The van der Waals surface area contributed by atoms with E-state index in [0.29, 0.717) is 0 Å². The molecule has 0 fully saturated rings. The quantitative estimate of drug-likeness (QED) is 0.552. The summed E-state index contributed by atoms with van der Waals surface area (Å²) in [5.74, 6) is 0. The Kier molecular flexibility index (Phi) is 4.35. The maximum absolute atomic E-state index is 3.98. The lowest BCUT2D eigenvalue weighted by Gasteiger charge is -2.18. The van der Waals surface area contributed by atoms with Gasteiger partial charge in [0.1, 0.15) is 0 Å². The Labute approximate surface area is 76.0 Å². The average molecular weight is 162 g/mol. The molecule has 0 atom stereocenters. The number of hydrogen-bond acceptors (Lipinski definition) is 0. The van der Waals surface area contributed by atoms with Crippen LogP contribution in [0.1, 0.15) is 20.8 Å². The molecule has 0 aliphatic rings. The van der Waals surface area contributed by atoms with Crippen molar-refractivity contribution in [3.8, 4) is 0 Å². The molecule has 66 valence electrons. The van der Waals surface area contributed by atoms with E-state index in [1.807, 2.05) is 24.3 Å². The molecule has 0 heterocycles. The molecule has 0 radical (unpaired) electrons. The summed E-state index contributed by atoms with van der Waals surface area (Å²) in [7, 11) is 0. The van der Waals surface area contributed by atoms with Crippen LogP contribution in [0.3, 0.4) is 0 Å². The Bertz CT molecular complexity index is 209. The number of hydrogen-bond donors (Lipinski definition) is 0. The first-order valence-corrected chi connectivity index (χ1v) is 4.13. The molecule has 12 heavy (non-hydrogen) atoms. The molecule has 0 aliphatic heterocycles. The summed E-state index contributed by atoms with van der Waals surface area (Å²) in [6, 6.07) is 0. The smallest absolute Gasteiger partial charge is 0.0138 e. The number of rotatable bonds is 3. The highest BCUT2D eigenvalue weighted by atomic mass is 14.2. The Morgan fingerprint density at radius 1 is 1.08 bits per heavy atom. The van der Waals surface area contributed by atoms with Gasteiger partial charge < -0.3 is 0 Å². The highest BCUT2D eigenvalue weighted by Gasteiger charge is 2.10. The molecule has 0 heteroatoms. The van der Waals surface area contributed by atoms with Gasteiger partial charge in [0, 0.05) is 0 Å². The van der Waals surface area contributed by atoms with E-state index in [0.717, 1.165) is 5.57 Å². The lowest BCUT2D eigenvalue weighted by atomic mass is 9.87. The van der Waals surface area contributed by atoms with Gasteiger partial charge >= 0.3 is 0 Å². The largest absolute Gasteiger partial charge is 0.0991 e. The monoisotopic (exact) mass is 162 g/mol. The predicted molar refractivity (Wildman–Crippen MR) is 57.1 cm³/mol. The van der Waals surface area contributed by atoms with Crippen LogP contribution < -0.4 is 0 Å². The fourth-order valence-corrected chi connectivity index (χ4v) is 0.564. The third kappa shape index (κ3) is 4.73. The second-order valence-corrected chi connectivity index (χ2v) is 3.75. The Morgan fingerprint density at radius 3 is 2.08 bits per heavy atom. The zero-order chi connectivity index (χ0) is 9.61. The molecule has 0 aromatic rings. The minimum Gasteiger partial charge on any atom is -0.0991 e. The summed E-state index contributed by atoms with van der Waals surface area (Å²) in [4.78, 5) is 0. The minimum atomic E-state index is 0.165. The zero-order valence-corrected chi connectivity index (χ0v) is 8.30. The van der Waals surface area contributed by atoms with Gasteiger partial charge in [-0.1, -0.05) is 64.3 Å². The fraction of sp³-hybridized carbons (Fsp3) is 0.333. The van der Waals surface area contributed by atoms with Gasteiger partial charge in [-0.3, -0.25) is 0 Å². The summed E-state index contributed by atoms with van der Waals surface area (Å²) in [6.07, 6.45) is 9.61. The van der Waals surface area contributed by atoms with Crippen molar-refractivity contribution in [2.75, 3.05) is 0 Å². The highest BCUT2D eigenvalue weighted by molar-refractivity contribution is 5.24. The molecule has 0 N–H and O–H groups in total. The molecule has 0 bridgehead atoms. The molecule has 0 rings (SSSR count). The number of allylic oxidation sites excluding steroid dienone is 6. The second kappa shape index (κ2) is 4.76. The van der Waals surface area contributed by atoms with Crippen LogP contribution in [0.5, 0.6) is 0 Å². The van der Waals surface area contributed by atoms with Crippen LogP contribution in [0.4, 0.5) is 0 Å².